The molecule has 9 heteroatoms. The molecular formula is C26H37N5O3S. The highest BCUT2D eigenvalue weighted by Gasteiger charge is 2.34. The van der Waals surface area contributed by atoms with Gasteiger partial charge < -0.3 is 20.4 Å². The van der Waals surface area contributed by atoms with Gasteiger partial charge in [-0.1, -0.05) is 32.0 Å². The molecule has 1 unspecified atom stereocenters. The largest absolute Gasteiger partial charge is 0.353 e. The molecule has 35 heavy (non-hydrogen) atoms. The molecule has 2 N–H and O–H groups in total. The normalized spacial score (nSPS) is 13.9. The Hall–Kier alpha value is -2.78. The highest BCUT2D eigenvalue weighted by Crippen LogP contribution is 2.28. The molecule has 190 valence electrons. The van der Waals surface area contributed by atoms with Crippen molar-refractivity contribution < 1.29 is 14.4 Å². The molecule has 1 atom stereocenters. The number of carbonyl (C=O) groups excluding carboxylic acids is 3. The van der Waals surface area contributed by atoms with E-state index in [1.165, 1.54) is 11.3 Å². The number of hydrogen-bond acceptors (Lipinski definition) is 6. The lowest BCUT2D eigenvalue weighted by atomic mass is 10.1. The van der Waals surface area contributed by atoms with E-state index < -0.39 is 0 Å². The van der Waals surface area contributed by atoms with Crippen molar-refractivity contribution in [3.63, 3.8) is 0 Å². The maximum atomic E-state index is 12.8. The Morgan fingerprint density at radius 2 is 1.83 bits per heavy atom. The summed E-state index contributed by atoms with van der Waals surface area (Å²) in [6.45, 7) is 9.45. The molecule has 1 fully saturated rings. The zero-order valence-corrected chi connectivity index (χ0v) is 21.8. The summed E-state index contributed by atoms with van der Waals surface area (Å²) in [5.41, 5.74) is 1.20. The zero-order chi connectivity index (χ0) is 25.2. The van der Waals surface area contributed by atoms with Gasteiger partial charge in [0, 0.05) is 23.0 Å². The Morgan fingerprint density at radius 1 is 1.11 bits per heavy atom. The molecule has 0 spiro atoms. The Balaban J connectivity index is 1.44. The van der Waals surface area contributed by atoms with Gasteiger partial charge in [0.15, 0.2) is 5.13 Å². The lowest BCUT2D eigenvalue weighted by Crippen LogP contribution is -2.39. The van der Waals surface area contributed by atoms with Crippen LogP contribution in [0, 0.1) is 0 Å². The molecule has 1 aliphatic carbocycles. The van der Waals surface area contributed by atoms with Gasteiger partial charge in [-0.3, -0.25) is 14.4 Å². The van der Waals surface area contributed by atoms with Crippen LogP contribution in [0.4, 0.5) is 5.13 Å². The monoisotopic (exact) mass is 499 g/mol. The first-order valence-electron chi connectivity index (χ1n) is 12.5. The van der Waals surface area contributed by atoms with Gasteiger partial charge in [-0.25, -0.2) is 4.98 Å². The van der Waals surface area contributed by atoms with Gasteiger partial charge in [-0.05, 0) is 64.4 Å². The second kappa shape index (κ2) is 13.3. The summed E-state index contributed by atoms with van der Waals surface area (Å²) in [5, 5.41) is 8.04. The molecule has 3 amide bonds. The van der Waals surface area contributed by atoms with Crippen molar-refractivity contribution in [1.29, 1.82) is 0 Å². The first-order valence-corrected chi connectivity index (χ1v) is 13.4. The van der Waals surface area contributed by atoms with Crippen LogP contribution in [0.1, 0.15) is 62.5 Å². The van der Waals surface area contributed by atoms with E-state index in [4.69, 9.17) is 0 Å². The number of benzene rings is 1. The predicted molar refractivity (Wildman–Crippen MR) is 140 cm³/mol. The molecule has 1 saturated carbocycles. The summed E-state index contributed by atoms with van der Waals surface area (Å²) in [4.78, 5) is 46.3. The van der Waals surface area contributed by atoms with Crippen LogP contribution in [0.15, 0.2) is 35.7 Å². The number of nitrogens with zero attached hydrogens (tertiary/aromatic N) is 3. The first kappa shape index (κ1) is 26.8. The van der Waals surface area contributed by atoms with Crippen LogP contribution in [0.5, 0.6) is 0 Å². The fraction of sp³-hybridized carbons (Fsp3) is 0.538. The van der Waals surface area contributed by atoms with Gasteiger partial charge in [-0.15, -0.1) is 11.3 Å². The van der Waals surface area contributed by atoms with Gasteiger partial charge in [0.25, 0.3) is 5.91 Å². The van der Waals surface area contributed by atoms with Crippen LogP contribution < -0.4 is 10.6 Å². The second-order valence-corrected chi connectivity index (χ2v) is 9.89. The Labute approximate surface area is 212 Å². The van der Waals surface area contributed by atoms with Crippen LogP contribution in [0.3, 0.4) is 0 Å². The third-order valence-electron chi connectivity index (χ3n) is 6.14. The van der Waals surface area contributed by atoms with E-state index >= 15 is 0 Å². The van der Waals surface area contributed by atoms with E-state index in [1.54, 1.807) is 22.4 Å². The minimum absolute atomic E-state index is 0.0151. The van der Waals surface area contributed by atoms with E-state index in [2.05, 4.69) is 34.4 Å². The molecule has 1 heterocycles. The third-order valence-corrected chi connectivity index (χ3v) is 6.94. The molecule has 1 aliphatic rings. The number of rotatable bonds is 14. The molecule has 0 aliphatic heterocycles. The highest BCUT2D eigenvalue weighted by molar-refractivity contribution is 7.13. The van der Waals surface area contributed by atoms with Crippen LogP contribution in [0.2, 0.25) is 0 Å². The minimum atomic E-state index is -0.284. The lowest BCUT2D eigenvalue weighted by molar-refractivity contribution is -0.121. The number of carbonyl (C=O) groups is 3. The van der Waals surface area contributed by atoms with Crippen molar-refractivity contribution >= 4 is 34.2 Å². The number of anilines is 1. The second-order valence-electron chi connectivity index (χ2n) is 9.04. The molecule has 0 bridgehead atoms. The molecule has 2 aromatic rings. The number of aromatic nitrogens is 1. The van der Waals surface area contributed by atoms with E-state index in [9.17, 15) is 14.4 Å². The van der Waals surface area contributed by atoms with Gasteiger partial charge in [-0.2, -0.15) is 0 Å². The molecule has 0 saturated heterocycles. The first-order chi connectivity index (χ1) is 16.9. The van der Waals surface area contributed by atoms with Crippen molar-refractivity contribution in [2.75, 3.05) is 31.5 Å². The Bertz CT molecular complexity index is 972. The topological polar surface area (TPSA) is 94.6 Å². The lowest BCUT2D eigenvalue weighted by Gasteiger charge is -2.21. The molecule has 1 aromatic heterocycles. The predicted octanol–water partition coefficient (Wildman–Crippen LogP) is 3.56. The third kappa shape index (κ3) is 8.74. The zero-order valence-electron chi connectivity index (χ0n) is 21.0. The SMILES string of the molecule is CCN(CC)CCCC(C)NC(=O)Cc1csc(NC(=O)CN(C(=O)c2ccccc2)C2CC2)n1. The number of nitrogens with one attached hydrogen (secondary N) is 2. The summed E-state index contributed by atoms with van der Waals surface area (Å²) >= 11 is 1.28. The Morgan fingerprint density at radius 3 is 2.49 bits per heavy atom. The van der Waals surface area contributed by atoms with Gasteiger partial charge in [0.1, 0.15) is 6.54 Å². The minimum Gasteiger partial charge on any atom is -0.353 e. The average molecular weight is 500 g/mol. The molecule has 0 radical (unpaired) electrons. The standard InChI is InChI=1S/C26H37N5O3S/c1-4-30(5-2)15-9-10-19(3)27-23(32)16-21-18-35-26(28-21)29-24(33)17-31(22-13-14-22)25(34)20-11-7-6-8-12-20/h6-8,11-12,18-19,22H,4-5,9-10,13-17H2,1-3H3,(H,27,32)(H,28,29,33). The van der Waals surface area contributed by atoms with Gasteiger partial charge in [0.05, 0.1) is 12.1 Å². The van der Waals surface area contributed by atoms with Crippen LogP contribution in [-0.4, -0.2) is 70.8 Å². The van der Waals surface area contributed by atoms with E-state index in [0.29, 0.717) is 16.4 Å². The van der Waals surface area contributed by atoms with Gasteiger partial charge >= 0.3 is 0 Å². The van der Waals surface area contributed by atoms with Crippen LogP contribution in [0.25, 0.3) is 0 Å². The van der Waals surface area contributed by atoms with Crippen molar-refractivity contribution in [3.8, 4) is 0 Å². The smallest absolute Gasteiger partial charge is 0.254 e. The van der Waals surface area contributed by atoms with Gasteiger partial charge in [0.2, 0.25) is 11.8 Å². The van der Waals surface area contributed by atoms with Crippen molar-refractivity contribution in [2.45, 2.75) is 65.0 Å². The molecule has 1 aromatic carbocycles. The van der Waals surface area contributed by atoms with Crippen LogP contribution >= 0.6 is 11.3 Å². The Kier molecular flexibility index (Phi) is 10.2. The number of amides is 3. The summed E-state index contributed by atoms with van der Waals surface area (Å²) in [6, 6.07) is 9.24. The fourth-order valence-corrected chi connectivity index (χ4v) is 4.71. The molecule has 8 nitrogen and oxygen atoms in total. The average Bonchev–Trinajstić information content (AvgIpc) is 3.60. The van der Waals surface area contributed by atoms with Crippen LogP contribution in [-0.2, 0) is 16.0 Å². The number of thiazole rings is 1. The number of hydrogen-bond donors (Lipinski definition) is 2. The van der Waals surface area contributed by atoms with E-state index in [1.807, 2.05) is 25.1 Å². The maximum Gasteiger partial charge on any atom is 0.254 e. The highest BCUT2D eigenvalue weighted by atomic mass is 32.1. The summed E-state index contributed by atoms with van der Waals surface area (Å²) in [6.07, 6.45) is 3.97. The summed E-state index contributed by atoms with van der Waals surface area (Å²) < 4.78 is 0. The van der Waals surface area contributed by atoms with E-state index in [-0.39, 0.29) is 42.8 Å². The fourth-order valence-electron chi connectivity index (χ4n) is 3.98. The molecular weight excluding hydrogens is 462 g/mol. The maximum absolute atomic E-state index is 12.8. The van der Waals surface area contributed by atoms with Crippen molar-refractivity contribution in [3.05, 3.63) is 47.0 Å². The van der Waals surface area contributed by atoms with Crippen molar-refractivity contribution in [2.24, 2.45) is 0 Å². The van der Waals surface area contributed by atoms with E-state index in [0.717, 1.165) is 45.3 Å². The van der Waals surface area contributed by atoms with Crippen molar-refractivity contribution in [1.82, 2.24) is 20.1 Å². The molecule has 3 rings (SSSR count). The summed E-state index contributed by atoms with van der Waals surface area (Å²) in [5.74, 6) is -0.490. The quantitative estimate of drug-likeness (QED) is 0.415. The summed E-state index contributed by atoms with van der Waals surface area (Å²) in [7, 11) is 0.